The van der Waals surface area contributed by atoms with E-state index in [0.29, 0.717) is 0 Å². The fraction of sp³-hybridized carbons (Fsp3) is 0.600. The summed E-state index contributed by atoms with van der Waals surface area (Å²) in [5.41, 5.74) is 5.96. The van der Waals surface area contributed by atoms with E-state index in [1.165, 1.54) is 61.7 Å². The molecule has 0 radical (unpaired) electrons. The molecule has 0 bridgehead atoms. The summed E-state index contributed by atoms with van der Waals surface area (Å²) in [7, 11) is 0. The zero-order valence-corrected chi connectivity index (χ0v) is 17.9. The van der Waals surface area contributed by atoms with Crippen molar-refractivity contribution in [1.29, 1.82) is 0 Å². The van der Waals surface area contributed by atoms with E-state index in [9.17, 15) is 0 Å². The monoisotopic (exact) mass is 450 g/mol. The van der Waals surface area contributed by atoms with E-state index >= 15 is 0 Å². The van der Waals surface area contributed by atoms with Gasteiger partial charge in [-0.05, 0) is 0 Å². The zero-order valence-electron chi connectivity index (χ0n) is 14.3. The topological polar surface area (TPSA) is 0 Å². The van der Waals surface area contributed by atoms with Gasteiger partial charge in [0.05, 0.1) is 0 Å². The van der Waals surface area contributed by atoms with Crippen LogP contribution in [0.2, 0.25) is 0 Å². The van der Waals surface area contributed by atoms with E-state index in [1.54, 1.807) is 5.57 Å². The molecule has 2 rings (SSSR count). The molecule has 0 nitrogen and oxygen atoms in total. The molecule has 0 unspecified atom stereocenters. The Balaban J connectivity index is 0.000000425. The number of unbranched alkanes of at least 4 members (excludes halogenated alkanes) is 2. The molecule has 0 aromatic heterocycles. The average Bonchev–Trinajstić information content (AvgIpc) is 3.04. The normalized spacial score (nSPS) is 16.2. The molecular formula is C20H30Hf-2. The van der Waals surface area contributed by atoms with Gasteiger partial charge in [-0.25, -0.2) is 22.3 Å². The molecule has 0 saturated carbocycles. The van der Waals surface area contributed by atoms with E-state index in [2.05, 4.69) is 52.0 Å². The van der Waals surface area contributed by atoms with E-state index in [1.807, 2.05) is 0 Å². The Hall–Kier alpha value is -0.170. The summed E-state index contributed by atoms with van der Waals surface area (Å²) in [6.07, 6.45) is 20.9. The van der Waals surface area contributed by atoms with Gasteiger partial charge in [0.1, 0.15) is 0 Å². The van der Waals surface area contributed by atoms with Gasteiger partial charge < -0.3 is 0 Å². The molecule has 116 valence electrons. The Morgan fingerprint density at radius 3 is 2.00 bits per heavy atom. The molecule has 0 amide bonds. The van der Waals surface area contributed by atoms with Crippen LogP contribution in [0.3, 0.4) is 0 Å². The number of hydrogen-bond donors (Lipinski definition) is 0. The van der Waals surface area contributed by atoms with E-state index in [4.69, 9.17) is 0 Å². The van der Waals surface area contributed by atoms with Crippen molar-refractivity contribution >= 4 is 0 Å². The molecule has 0 aromatic rings. The summed E-state index contributed by atoms with van der Waals surface area (Å²) in [6, 6.07) is 0. The van der Waals surface area contributed by atoms with Gasteiger partial charge in [-0.2, -0.15) is 12.2 Å². The van der Waals surface area contributed by atoms with Gasteiger partial charge in [0.25, 0.3) is 0 Å². The standard InChI is InChI=1S/C13H21.C7H9.Hf/c1-3-5-8-12-10-7-11-13(12)9-6-4-2;1-6-4-3-5-7(6)2;/h7H,3-6,8-10H2,1-2H3;3H,4H2,1-2H3;/q2*-1;. The van der Waals surface area contributed by atoms with Gasteiger partial charge in [0, 0.05) is 25.8 Å². The van der Waals surface area contributed by atoms with Crippen molar-refractivity contribution in [2.75, 3.05) is 0 Å². The van der Waals surface area contributed by atoms with Gasteiger partial charge in [0.2, 0.25) is 0 Å². The fourth-order valence-electron chi connectivity index (χ4n) is 2.40. The van der Waals surface area contributed by atoms with Crippen molar-refractivity contribution in [1.82, 2.24) is 0 Å². The van der Waals surface area contributed by atoms with E-state index in [-0.39, 0.29) is 25.8 Å². The maximum atomic E-state index is 3.41. The SMILES string of the molecule is CC1=C(C)CC=[C-]1.CCCCC1=C(CCCC)CC=[C-]1.[Hf]. The number of hydrogen-bond acceptors (Lipinski definition) is 0. The minimum Gasteiger partial charge on any atom is -0.253 e. The molecule has 0 spiro atoms. The molecule has 0 atom stereocenters. The van der Waals surface area contributed by atoms with Gasteiger partial charge in [-0.1, -0.05) is 72.1 Å². The number of rotatable bonds is 6. The van der Waals surface area contributed by atoms with Crippen LogP contribution in [-0.4, -0.2) is 0 Å². The Bertz CT molecular complexity index is 408. The summed E-state index contributed by atoms with van der Waals surface area (Å²) >= 11 is 0. The molecule has 0 fully saturated rings. The van der Waals surface area contributed by atoms with Crippen molar-refractivity contribution in [3.63, 3.8) is 0 Å². The second-order valence-corrected chi connectivity index (χ2v) is 5.80. The van der Waals surface area contributed by atoms with Gasteiger partial charge >= 0.3 is 0 Å². The third-order valence-electron chi connectivity index (χ3n) is 4.03. The fourth-order valence-corrected chi connectivity index (χ4v) is 2.40. The molecule has 0 aliphatic heterocycles. The van der Waals surface area contributed by atoms with Crippen molar-refractivity contribution in [2.45, 2.75) is 79.1 Å². The first-order chi connectivity index (χ1) is 9.69. The van der Waals surface area contributed by atoms with Crippen LogP contribution in [0, 0.1) is 12.2 Å². The van der Waals surface area contributed by atoms with Crippen molar-refractivity contribution in [3.8, 4) is 0 Å². The van der Waals surface area contributed by atoms with E-state index < -0.39 is 0 Å². The molecule has 2 aliphatic carbocycles. The largest absolute Gasteiger partial charge is 0.253 e. The quantitative estimate of drug-likeness (QED) is 0.321. The van der Waals surface area contributed by atoms with Gasteiger partial charge in [0.15, 0.2) is 0 Å². The predicted octanol–water partition coefficient (Wildman–Crippen LogP) is 6.51. The van der Waals surface area contributed by atoms with Crippen LogP contribution < -0.4 is 0 Å². The molecule has 0 aromatic carbocycles. The van der Waals surface area contributed by atoms with Crippen LogP contribution in [0.1, 0.15) is 79.1 Å². The van der Waals surface area contributed by atoms with Crippen LogP contribution in [0.4, 0.5) is 0 Å². The van der Waals surface area contributed by atoms with Gasteiger partial charge in [-0.15, -0.1) is 6.92 Å². The Kier molecular flexibility index (Phi) is 12.3. The second kappa shape index (κ2) is 12.4. The van der Waals surface area contributed by atoms with Gasteiger partial charge in [-0.3, -0.25) is 12.2 Å². The minimum atomic E-state index is 0. The molecule has 1 heteroatoms. The first-order valence-corrected chi connectivity index (χ1v) is 8.22. The molecule has 0 heterocycles. The predicted molar refractivity (Wildman–Crippen MR) is 89.3 cm³/mol. The molecule has 2 aliphatic rings. The third-order valence-corrected chi connectivity index (χ3v) is 4.03. The molecule has 21 heavy (non-hydrogen) atoms. The van der Waals surface area contributed by atoms with Crippen LogP contribution >= 0.6 is 0 Å². The Morgan fingerprint density at radius 2 is 1.52 bits per heavy atom. The molecule has 0 saturated heterocycles. The van der Waals surface area contributed by atoms with E-state index in [0.717, 1.165) is 6.42 Å². The van der Waals surface area contributed by atoms with Crippen LogP contribution in [0.15, 0.2) is 34.4 Å². The van der Waals surface area contributed by atoms with Crippen molar-refractivity contribution in [2.24, 2.45) is 0 Å². The smallest absolute Gasteiger partial charge is 0 e. The molecule has 0 N–H and O–H groups in total. The maximum Gasteiger partial charge on any atom is 0 e. The van der Waals surface area contributed by atoms with Crippen LogP contribution in [0.25, 0.3) is 0 Å². The minimum absolute atomic E-state index is 0. The summed E-state index contributed by atoms with van der Waals surface area (Å²) in [4.78, 5) is 0. The van der Waals surface area contributed by atoms with Crippen LogP contribution in [0.5, 0.6) is 0 Å². The summed E-state index contributed by atoms with van der Waals surface area (Å²) in [6.45, 7) is 8.76. The summed E-state index contributed by atoms with van der Waals surface area (Å²) in [5, 5.41) is 0. The third kappa shape index (κ3) is 8.14. The average molecular weight is 449 g/mol. The summed E-state index contributed by atoms with van der Waals surface area (Å²) in [5.74, 6) is 0. The zero-order chi connectivity index (χ0) is 14.8. The Labute approximate surface area is 151 Å². The van der Waals surface area contributed by atoms with Crippen LogP contribution in [-0.2, 0) is 25.8 Å². The summed E-state index contributed by atoms with van der Waals surface area (Å²) < 4.78 is 0. The maximum absolute atomic E-state index is 3.41. The van der Waals surface area contributed by atoms with Crippen molar-refractivity contribution in [3.05, 3.63) is 46.6 Å². The van der Waals surface area contributed by atoms with Crippen molar-refractivity contribution < 1.29 is 25.8 Å². The second-order valence-electron chi connectivity index (χ2n) is 5.80. The molecular weight excluding hydrogens is 419 g/mol. The first-order valence-electron chi connectivity index (χ1n) is 8.22. The Morgan fingerprint density at radius 1 is 0.905 bits per heavy atom. The number of allylic oxidation sites excluding steroid dienone is 8. The first kappa shape index (κ1) is 20.8.